The van der Waals surface area contributed by atoms with Crippen molar-refractivity contribution in [1.29, 1.82) is 0 Å². The molecule has 222 valence electrons. The molecule has 0 bridgehead atoms. The van der Waals surface area contributed by atoms with Gasteiger partial charge in [0.05, 0.1) is 0 Å². The fourth-order valence-corrected chi connectivity index (χ4v) is 6.81. The molecule has 3 aliphatic rings. The van der Waals surface area contributed by atoms with Gasteiger partial charge in [0.1, 0.15) is 17.3 Å². The zero-order chi connectivity index (χ0) is 29.8. The molecular weight excluding hydrogens is 474 g/mol. The summed E-state index contributed by atoms with van der Waals surface area (Å²) in [6.07, 6.45) is 7.50. The molecule has 3 fully saturated rings. The summed E-state index contributed by atoms with van der Waals surface area (Å²) < 4.78 is 0. The number of ketones is 3. The molecule has 3 aliphatic heterocycles. The Morgan fingerprint density at radius 3 is 1.34 bits per heavy atom. The summed E-state index contributed by atoms with van der Waals surface area (Å²) in [4.78, 5) is 34.7. The maximum Gasteiger partial charge on any atom is 0.139 e. The van der Waals surface area contributed by atoms with Crippen molar-refractivity contribution in [1.82, 2.24) is 16.0 Å². The van der Waals surface area contributed by atoms with Crippen molar-refractivity contribution in [3.05, 3.63) is 0 Å². The Labute approximate surface area is 234 Å². The molecule has 0 aromatic rings. The van der Waals surface area contributed by atoms with Gasteiger partial charge in [-0.15, -0.1) is 0 Å². The zero-order valence-corrected chi connectivity index (χ0v) is 27.2. The van der Waals surface area contributed by atoms with Gasteiger partial charge in [-0.1, -0.05) is 34.6 Å². The number of carbonyl (C=O) groups excluding carboxylic acids is 3. The van der Waals surface area contributed by atoms with E-state index in [9.17, 15) is 14.4 Å². The number of nitrogens with one attached hydrogen (secondary N) is 3. The summed E-state index contributed by atoms with van der Waals surface area (Å²) in [7, 11) is 0. The molecule has 3 N–H and O–H groups in total. The quantitative estimate of drug-likeness (QED) is 0.392. The van der Waals surface area contributed by atoms with Crippen LogP contribution in [-0.2, 0) is 14.4 Å². The zero-order valence-electron chi connectivity index (χ0n) is 27.2. The van der Waals surface area contributed by atoms with Crippen LogP contribution >= 0.6 is 0 Å². The van der Waals surface area contributed by atoms with Crippen LogP contribution in [0.2, 0.25) is 0 Å². The monoisotopic (exact) mass is 535 g/mol. The molecule has 0 aromatic heterocycles. The first kappa shape index (κ1) is 34.9. The molecule has 3 heterocycles. The summed E-state index contributed by atoms with van der Waals surface area (Å²) in [6.45, 7) is 27.5. The predicted octanol–water partition coefficient (Wildman–Crippen LogP) is 6.29. The minimum Gasteiger partial charge on any atom is -0.306 e. The van der Waals surface area contributed by atoms with E-state index in [0.717, 1.165) is 25.7 Å². The molecule has 6 heteroatoms. The Hall–Kier alpha value is -1.11. The van der Waals surface area contributed by atoms with E-state index in [1.165, 1.54) is 0 Å². The average molecular weight is 536 g/mol. The first-order valence-corrected chi connectivity index (χ1v) is 15.0. The first-order valence-electron chi connectivity index (χ1n) is 15.0. The summed E-state index contributed by atoms with van der Waals surface area (Å²) in [5.41, 5.74) is 0.0201. The van der Waals surface area contributed by atoms with Gasteiger partial charge in [0.2, 0.25) is 0 Å². The van der Waals surface area contributed by atoms with Crippen molar-refractivity contribution >= 4 is 17.3 Å². The predicted molar refractivity (Wildman–Crippen MR) is 160 cm³/mol. The highest BCUT2D eigenvalue weighted by Crippen LogP contribution is 2.35. The standard InChI is InChI=1S/C12H23NO.C11H21NO.C9H17NO/c1-6-11(4)8-10(14)9(3)12(5,7-2)13-11;1-5-11(6-2)8-9(13)7-10(3,4)12-11;1-8(2)5-7(11)6-9(3,4)10-8/h9,13H,6-8H2,1-5H3;12H,5-8H2,1-4H3;10H,5-6H2,1-4H3. The van der Waals surface area contributed by atoms with Gasteiger partial charge in [-0.25, -0.2) is 0 Å². The molecule has 3 atom stereocenters. The van der Waals surface area contributed by atoms with E-state index in [0.29, 0.717) is 49.5 Å². The molecule has 38 heavy (non-hydrogen) atoms. The maximum absolute atomic E-state index is 11.9. The number of rotatable bonds is 4. The van der Waals surface area contributed by atoms with Gasteiger partial charge in [-0.05, 0) is 81.1 Å². The number of hydrogen-bond acceptors (Lipinski definition) is 6. The molecule has 0 spiro atoms. The van der Waals surface area contributed by atoms with E-state index in [-0.39, 0.29) is 39.2 Å². The molecule has 3 unspecified atom stereocenters. The van der Waals surface area contributed by atoms with Crippen molar-refractivity contribution in [2.45, 2.75) is 181 Å². The van der Waals surface area contributed by atoms with E-state index in [1.807, 2.05) is 6.92 Å². The van der Waals surface area contributed by atoms with Crippen LogP contribution < -0.4 is 16.0 Å². The number of carbonyl (C=O) groups is 3. The van der Waals surface area contributed by atoms with Crippen molar-refractivity contribution in [3.8, 4) is 0 Å². The Bertz CT molecular complexity index is 825. The Balaban J connectivity index is 0.000000287. The third kappa shape index (κ3) is 9.82. The third-order valence-electron chi connectivity index (χ3n) is 9.19. The number of hydrogen-bond donors (Lipinski definition) is 3. The summed E-state index contributed by atoms with van der Waals surface area (Å²) in [5.74, 6) is 1.34. The van der Waals surface area contributed by atoms with Crippen LogP contribution in [0.5, 0.6) is 0 Å². The normalized spacial score (nSPS) is 33.4. The number of Topliss-reactive ketones (excluding diaryl/α,β-unsaturated/α-hetero) is 3. The van der Waals surface area contributed by atoms with Crippen LogP contribution in [0, 0.1) is 5.92 Å². The van der Waals surface area contributed by atoms with Crippen LogP contribution in [0.15, 0.2) is 0 Å². The first-order chi connectivity index (χ1) is 17.1. The van der Waals surface area contributed by atoms with Crippen LogP contribution in [0.4, 0.5) is 0 Å². The molecule has 6 nitrogen and oxygen atoms in total. The fourth-order valence-electron chi connectivity index (χ4n) is 6.81. The van der Waals surface area contributed by atoms with Crippen LogP contribution in [-0.4, -0.2) is 50.6 Å². The van der Waals surface area contributed by atoms with E-state index >= 15 is 0 Å². The van der Waals surface area contributed by atoms with Crippen molar-refractivity contribution in [3.63, 3.8) is 0 Å². The molecule has 3 rings (SSSR count). The number of piperidine rings is 3. The minimum atomic E-state index is -0.0150. The molecule has 0 radical (unpaired) electrons. The molecular formula is C32H61N3O3. The highest BCUT2D eigenvalue weighted by atomic mass is 16.1. The summed E-state index contributed by atoms with van der Waals surface area (Å²) >= 11 is 0. The molecule has 0 aromatic carbocycles. The highest BCUT2D eigenvalue weighted by molar-refractivity contribution is 5.84. The lowest BCUT2D eigenvalue weighted by atomic mass is 9.71. The van der Waals surface area contributed by atoms with Gasteiger partial charge in [0, 0.05) is 71.3 Å². The van der Waals surface area contributed by atoms with Gasteiger partial charge in [0.25, 0.3) is 0 Å². The lowest BCUT2D eigenvalue weighted by Crippen LogP contribution is -2.64. The Kier molecular flexibility index (Phi) is 11.6. The van der Waals surface area contributed by atoms with Crippen molar-refractivity contribution < 1.29 is 14.4 Å². The molecule has 0 saturated carbocycles. The van der Waals surface area contributed by atoms with E-state index in [2.05, 4.69) is 99.0 Å². The maximum atomic E-state index is 11.9. The highest BCUT2D eigenvalue weighted by Gasteiger charge is 2.45. The van der Waals surface area contributed by atoms with Crippen molar-refractivity contribution in [2.24, 2.45) is 5.92 Å². The molecule has 0 aliphatic carbocycles. The van der Waals surface area contributed by atoms with E-state index < -0.39 is 0 Å². The van der Waals surface area contributed by atoms with Gasteiger partial charge >= 0.3 is 0 Å². The summed E-state index contributed by atoms with van der Waals surface area (Å²) in [5, 5.41) is 10.7. The van der Waals surface area contributed by atoms with Gasteiger partial charge in [-0.2, -0.15) is 0 Å². The van der Waals surface area contributed by atoms with Crippen molar-refractivity contribution in [2.75, 3.05) is 0 Å². The largest absolute Gasteiger partial charge is 0.306 e. The third-order valence-corrected chi connectivity index (χ3v) is 9.19. The second kappa shape index (κ2) is 12.6. The second-order valence-corrected chi connectivity index (χ2v) is 14.8. The summed E-state index contributed by atoms with van der Waals surface area (Å²) in [6, 6.07) is 0. The van der Waals surface area contributed by atoms with Crippen LogP contribution in [0.3, 0.4) is 0 Å². The Morgan fingerprint density at radius 2 is 1.00 bits per heavy atom. The van der Waals surface area contributed by atoms with Gasteiger partial charge in [0.15, 0.2) is 0 Å². The molecule has 0 amide bonds. The lowest BCUT2D eigenvalue weighted by molar-refractivity contribution is -0.130. The van der Waals surface area contributed by atoms with Crippen LogP contribution in [0.1, 0.15) is 148 Å². The van der Waals surface area contributed by atoms with Gasteiger partial charge in [-0.3, -0.25) is 14.4 Å². The topological polar surface area (TPSA) is 87.3 Å². The molecule has 3 saturated heterocycles. The van der Waals surface area contributed by atoms with Crippen LogP contribution in [0.25, 0.3) is 0 Å². The van der Waals surface area contributed by atoms with E-state index in [1.54, 1.807) is 0 Å². The Morgan fingerprint density at radius 1 is 0.579 bits per heavy atom. The minimum absolute atomic E-state index is 0.00829. The lowest BCUT2D eigenvalue weighted by Gasteiger charge is -2.48. The fraction of sp³-hybridized carbons (Fsp3) is 0.906. The van der Waals surface area contributed by atoms with E-state index in [4.69, 9.17) is 0 Å². The second-order valence-electron chi connectivity index (χ2n) is 14.8. The SMILES string of the molecule is CC1(C)CC(=O)CC(C)(C)N1.CCC1(C)CC(=O)C(C)C(C)(CC)N1.CCC1(CC)CC(=O)CC(C)(C)N1. The van der Waals surface area contributed by atoms with Gasteiger partial charge < -0.3 is 16.0 Å². The average Bonchev–Trinajstić information content (AvgIpc) is 2.74. The smallest absolute Gasteiger partial charge is 0.139 e.